The van der Waals surface area contributed by atoms with E-state index in [4.69, 9.17) is 9.47 Å². The van der Waals surface area contributed by atoms with Crippen molar-refractivity contribution in [3.05, 3.63) is 93.7 Å². The van der Waals surface area contributed by atoms with Crippen LogP contribution in [0.25, 0.3) is 0 Å². The largest absolute Gasteiger partial charge is 0.467 e. The minimum atomic E-state index is -0.885. The van der Waals surface area contributed by atoms with Crippen LogP contribution in [0.3, 0.4) is 0 Å². The number of nitrogens with one attached hydrogen (secondary N) is 2. The Bertz CT molecular complexity index is 1070. The molecular formula is C26H26N2O6S. The predicted octanol–water partition coefficient (Wildman–Crippen LogP) is 2.78. The zero-order valence-electron chi connectivity index (χ0n) is 19.4. The summed E-state index contributed by atoms with van der Waals surface area (Å²) in [6.45, 7) is 0. The second kappa shape index (κ2) is 12.5. The molecule has 3 rings (SSSR count). The minimum absolute atomic E-state index is 0.245. The fourth-order valence-electron chi connectivity index (χ4n) is 3.41. The molecule has 8 nitrogen and oxygen atoms in total. The number of methoxy groups -OCH3 is 2. The maximum Gasteiger partial charge on any atom is 0.328 e. The number of amides is 2. The van der Waals surface area contributed by atoms with Gasteiger partial charge in [-0.1, -0.05) is 60.7 Å². The topological polar surface area (TPSA) is 111 Å². The molecule has 0 fully saturated rings. The van der Waals surface area contributed by atoms with Gasteiger partial charge >= 0.3 is 11.9 Å². The summed E-state index contributed by atoms with van der Waals surface area (Å²) in [6.07, 6.45) is 0.524. The molecule has 0 aliphatic heterocycles. The fourth-order valence-corrected chi connectivity index (χ4v) is 4.22. The Balaban J connectivity index is 1.67. The normalized spacial score (nSPS) is 12.2. The van der Waals surface area contributed by atoms with Crippen molar-refractivity contribution in [2.75, 3.05) is 14.2 Å². The lowest BCUT2D eigenvalue weighted by Gasteiger charge is -2.16. The third-order valence-electron chi connectivity index (χ3n) is 5.20. The second-order valence-electron chi connectivity index (χ2n) is 7.64. The van der Waals surface area contributed by atoms with Gasteiger partial charge in [-0.3, -0.25) is 9.59 Å². The Morgan fingerprint density at radius 1 is 0.657 bits per heavy atom. The van der Waals surface area contributed by atoms with Crippen molar-refractivity contribution in [3.8, 4) is 0 Å². The summed E-state index contributed by atoms with van der Waals surface area (Å²) in [5.41, 5.74) is 1.73. The Kier molecular flexibility index (Phi) is 9.14. The van der Waals surface area contributed by atoms with Crippen molar-refractivity contribution in [2.24, 2.45) is 0 Å². The van der Waals surface area contributed by atoms with Crippen LogP contribution in [0.4, 0.5) is 0 Å². The number of ether oxygens (including phenoxy) is 2. The molecule has 0 bridgehead atoms. The molecule has 182 valence electrons. The van der Waals surface area contributed by atoms with Crippen molar-refractivity contribution in [3.63, 3.8) is 0 Å². The summed E-state index contributed by atoms with van der Waals surface area (Å²) >= 11 is 0.956. The molecule has 2 N–H and O–H groups in total. The smallest absolute Gasteiger partial charge is 0.328 e. The Labute approximate surface area is 207 Å². The molecule has 0 saturated carbocycles. The third kappa shape index (κ3) is 7.25. The van der Waals surface area contributed by atoms with E-state index in [9.17, 15) is 19.2 Å². The Morgan fingerprint density at radius 2 is 1.03 bits per heavy atom. The van der Waals surface area contributed by atoms with E-state index in [0.29, 0.717) is 0 Å². The van der Waals surface area contributed by atoms with E-state index < -0.39 is 35.8 Å². The van der Waals surface area contributed by atoms with Gasteiger partial charge in [-0.05, 0) is 23.3 Å². The van der Waals surface area contributed by atoms with Crippen LogP contribution in [0.15, 0.2) is 72.8 Å². The van der Waals surface area contributed by atoms with E-state index >= 15 is 0 Å². The van der Waals surface area contributed by atoms with Crippen molar-refractivity contribution >= 4 is 35.1 Å². The molecule has 35 heavy (non-hydrogen) atoms. The zero-order valence-corrected chi connectivity index (χ0v) is 20.2. The van der Waals surface area contributed by atoms with Gasteiger partial charge in [0.15, 0.2) is 0 Å². The van der Waals surface area contributed by atoms with E-state index in [1.54, 1.807) is 0 Å². The van der Waals surface area contributed by atoms with Crippen LogP contribution < -0.4 is 10.6 Å². The van der Waals surface area contributed by atoms with E-state index in [1.807, 2.05) is 60.7 Å². The highest BCUT2D eigenvalue weighted by Gasteiger charge is 2.26. The first-order valence-corrected chi connectivity index (χ1v) is 11.7. The maximum absolute atomic E-state index is 12.8. The highest BCUT2D eigenvalue weighted by atomic mass is 32.1. The number of hydrogen-bond donors (Lipinski definition) is 2. The van der Waals surface area contributed by atoms with E-state index in [-0.39, 0.29) is 22.6 Å². The van der Waals surface area contributed by atoms with Gasteiger partial charge in [0, 0.05) is 12.8 Å². The van der Waals surface area contributed by atoms with Gasteiger partial charge in [0.25, 0.3) is 11.8 Å². The predicted molar refractivity (Wildman–Crippen MR) is 131 cm³/mol. The SMILES string of the molecule is COC(=O)[C@H](Cc1ccccc1)NC(=O)c1ccc(C(=O)N[C@@H](Cc2ccccc2)C(=O)OC)s1. The lowest BCUT2D eigenvalue weighted by atomic mass is 10.1. The lowest BCUT2D eigenvalue weighted by Crippen LogP contribution is -2.43. The Morgan fingerprint density at radius 3 is 1.37 bits per heavy atom. The van der Waals surface area contributed by atoms with Gasteiger partial charge in [0.1, 0.15) is 12.1 Å². The molecule has 3 aromatic rings. The fraction of sp³-hybridized carbons (Fsp3) is 0.231. The minimum Gasteiger partial charge on any atom is -0.467 e. The first-order valence-electron chi connectivity index (χ1n) is 10.9. The summed E-state index contributed by atoms with van der Waals surface area (Å²) in [4.78, 5) is 50.5. The standard InChI is InChI=1S/C26H26N2O6S/c1-33-25(31)19(15-17-9-5-3-6-10-17)27-23(29)21-13-14-22(35-21)24(30)28-20(26(32)34-2)16-18-11-7-4-8-12-18/h3-14,19-20H,15-16H2,1-2H3,(H,27,29)(H,28,30)/t19-,20-/m0/s1. The first-order chi connectivity index (χ1) is 16.9. The monoisotopic (exact) mass is 494 g/mol. The summed E-state index contributed by atoms with van der Waals surface area (Å²) in [5.74, 6) is -2.15. The quantitative estimate of drug-likeness (QED) is 0.420. The summed E-state index contributed by atoms with van der Waals surface area (Å²) in [6, 6.07) is 19.7. The number of benzene rings is 2. The number of rotatable bonds is 10. The molecule has 0 aliphatic rings. The van der Waals surface area contributed by atoms with Gasteiger partial charge < -0.3 is 20.1 Å². The van der Waals surface area contributed by atoms with Gasteiger partial charge in [0.2, 0.25) is 0 Å². The van der Waals surface area contributed by atoms with Crippen LogP contribution in [0.5, 0.6) is 0 Å². The average Bonchev–Trinajstić information content (AvgIpc) is 3.39. The number of hydrogen-bond acceptors (Lipinski definition) is 7. The van der Waals surface area contributed by atoms with E-state index in [0.717, 1.165) is 22.5 Å². The molecule has 2 aromatic carbocycles. The molecular weight excluding hydrogens is 468 g/mol. The molecule has 0 radical (unpaired) electrons. The molecule has 0 saturated heterocycles. The summed E-state index contributed by atoms with van der Waals surface area (Å²) < 4.78 is 9.66. The van der Waals surface area contributed by atoms with Crippen molar-refractivity contribution in [1.29, 1.82) is 0 Å². The first kappa shape index (κ1) is 25.6. The number of carbonyl (C=O) groups is 4. The maximum atomic E-state index is 12.8. The molecule has 9 heteroatoms. The molecule has 2 atom stereocenters. The van der Waals surface area contributed by atoms with Crippen LogP contribution >= 0.6 is 11.3 Å². The number of carbonyl (C=O) groups excluding carboxylic acids is 4. The average molecular weight is 495 g/mol. The van der Waals surface area contributed by atoms with Crippen LogP contribution in [0.2, 0.25) is 0 Å². The lowest BCUT2D eigenvalue weighted by molar-refractivity contribution is -0.143. The van der Waals surface area contributed by atoms with Crippen LogP contribution in [0.1, 0.15) is 30.5 Å². The van der Waals surface area contributed by atoms with E-state index in [1.165, 1.54) is 26.4 Å². The molecule has 0 unspecified atom stereocenters. The number of thiophene rings is 1. The van der Waals surface area contributed by atoms with Crippen molar-refractivity contribution < 1.29 is 28.7 Å². The molecule has 1 aromatic heterocycles. The molecule has 2 amide bonds. The summed E-state index contributed by atoms with van der Waals surface area (Å²) in [5, 5.41) is 5.35. The molecule has 0 aliphatic carbocycles. The van der Waals surface area contributed by atoms with Crippen molar-refractivity contribution in [2.45, 2.75) is 24.9 Å². The molecule has 0 spiro atoms. The van der Waals surface area contributed by atoms with Crippen LogP contribution in [-0.2, 0) is 31.9 Å². The van der Waals surface area contributed by atoms with Crippen molar-refractivity contribution in [1.82, 2.24) is 10.6 Å². The molecule has 1 heterocycles. The van der Waals surface area contributed by atoms with Crippen LogP contribution in [0, 0.1) is 0 Å². The summed E-state index contributed by atoms with van der Waals surface area (Å²) in [7, 11) is 2.51. The Hall–Kier alpha value is -3.98. The van der Waals surface area contributed by atoms with Gasteiger partial charge in [-0.15, -0.1) is 11.3 Å². The third-order valence-corrected chi connectivity index (χ3v) is 6.28. The van der Waals surface area contributed by atoms with Crippen LogP contribution in [-0.4, -0.2) is 50.1 Å². The van der Waals surface area contributed by atoms with Gasteiger partial charge in [-0.2, -0.15) is 0 Å². The highest BCUT2D eigenvalue weighted by molar-refractivity contribution is 7.16. The van der Waals surface area contributed by atoms with Gasteiger partial charge in [-0.25, -0.2) is 9.59 Å². The zero-order chi connectivity index (χ0) is 25.2. The van der Waals surface area contributed by atoms with Gasteiger partial charge in [0.05, 0.1) is 24.0 Å². The number of esters is 2. The van der Waals surface area contributed by atoms with E-state index in [2.05, 4.69) is 10.6 Å². The highest BCUT2D eigenvalue weighted by Crippen LogP contribution is 2.18. The second-order valence-corrected chi connectivity index (χ2v) is 8.73.